The molecule has 0 fully saturated rings. The molecule has 1 aromatic heterocycles. The Kier molecular flexibility index (Phi) is 4.82. The highest BCUT2D eigenvalue weighted by molar-refractivity contribution is 7.88. The van der Waals surface area contributed by atoms with Gasteiger partial charge in [0.25, 0.3) is 10.0 Å². The number of nitrogens with one attached hydrogen (secondary N) is 1. The summed E-state index contributed by atoms with van der Waals surface area (Å²) in [6.45, 7) is 3.24. The van der Waals surface area contributed by atoms with Crippen molar-refractivity contribution in [3.8, 4) is 0 Å². The van der Waals surface area contributed by atoms with Crippen LogP contribution in [0.4, 0.5) is 0 Å². The van der Waals surface area contributed by atoms with Crippen LogP contribution in [0.2, 0.25) is 0 Å². The second-order valence-electron chi connectivity index (χ2n) is 5.10. The molecule has 0 saturated carbocycles. The molecule has 0 radical (unpaired) electrons. The number of furan rings is 1. The van der Waals surface area contributed by atoms with Gasteiger partial charge in [-0.1, -0.05) is 29.8 Å². The molecule has 21 heavy (non-hydrogen) atoms. The molecule has 0 bridgehead atoms. The van der Waals surface area contributed by atoms with Crippen LogP contribution in [0.25, 0.3) is 0 Å². The summed E-state index contributed by atoms with van der Waals surface area (Å²) in [6, 6.07) is 11.4. The summed E-state index contributed by atoms with van der Waals surface area (Å²) in [5, 5.41) is 3.20. The number of benzene rings is 1. The molecule has 1 N–H and O–H groups in total. The molecule has 6 heteroatoms. The molecule has 114 valence electrons. The highest BCUT2D eigenvalue weighted by Crippen LogP contribution is 2.16. The van der Waals surface area contributed by atoms with Gasteiger partial charge in [0.1, 0.15) is 5.76 Å². The lowest BCUT2D eigenvalue weighted by molar-refractivity contribution is 0.389. The minimum absolute atomic E-state index is 0.0281. The summed E-state index contributed by atoms with van der Waals surface area (Å²) in [5.41, 5.74) is 2.40. The zero-order valence-corrected chi connectivity index (χ0v) is 13.3. The SMILES string of the molecule is Cc1ccc(CNCc2ccc(S(=O)(=O)N(C)C)o2)cc1. The molecule has 1 aromatic carbocycles. The molecule has 0 aliphatic heterocycles. The molecule has 0 aliphatic carbocycles. The van der Waals surface area contributed by atoms with Crippen LogP contribution in [0.15, 0.2) is 45.9 Å². The Bertz CT molecular complexity index is 688. The van der Waals surface area contributed by atoms with Gasteiger partial charge in [0, 0.05) is 20.6 Å². The molecule has 0 spiro atoms. The fraction of sp³-hybridized carbons (Fsp3) is 0.333. The monoisotopic (exact) mass is 308 g/mol. The number of hydrogen-bond acceptors (Lipinski definition) is 4. The number of aryl methyl sites for hydroxylation is 1. The molecule has 5 nitrogen and oxygen atoms in total. The Labute approximate surface area is 125 Å². The predicted octanol–water partition coefficient (Wildman–Crippen LogP) is 2.13. The zero-order valence-electron chi connectivity index (χ0n) is 12.5. The maximum Gasteiger partial charge on any atom is 0.275 e. The minimum atomic E-state index is -3.50. The van der Waals surface area contributed by atoms with Crippen molar-refractivity contribution in [2.45, 2.75) is 25.1 Å². The number of hydrogen-bond donors (Lipinski definition) is 1. The van der Waals surface area contributed by atoms with Gasteiger partial charge < -0.3 is 9.73 Å². The third-order valence-corrected chi connectivity index (χ3v) is 4.81. The molecule has 2 aromatic rings. The smallest absolute Gasteiger partial charge is 0.275 e. The van der Waals surface area contributed by atoms with E-state index in [-0.39, 0.29) is 5.09 Å². The van der Waals surface area contributed by atoms with Gasteiger partial charge in [0.15, 0.2) is 0 Å². The van der Waals surface area contributed by atoms with Crippen LogP contribution in [-0.4, -0.2) is 26.8 Å². The second kappa shape index (κ2) is 6.43. The third-order valence-electron chi connectivity index (χ3n) is 3.12. The van der Waals surface area contributed by atoms with Crippen LogP contribution in [0.3, 0.4) is 0 Å². The van der Waals surface area contributed by atoms with E-state index in [1.165, 1.54) is 31.3 Å². The first-order valence-corrected chi connectivity index (χ1v) is 8.11. The first-order valence-electron chi connectivity index (χ1n) is 6.67. The summed E-state index contributed by atoms with van der Waals surface area (Å²) in [6.07, 6.45) is 0. The van der Waals surface area contributed by atoms with E-state index in [1.54, 1.807) is 6.07 Å². The summed E-state index contributed by atoms with van der Waals surface area (Å²) in [4.78, 5) is 0. The van der Waals surface area contributed by atoms with Gasteiger partial charge in [-0.05, 0) is 24.6 Å². The summed E-state index contributed by atoms with van der Waals surface area (Å²) in [7, 11) is -0.540. The normalized spacial score (nSPS) is 12.0. The van der Waals surface area contributed by atoms with E-state index in [9.17, 15) is 8.42 Å². The fourth-order valence-electron chi connectivity index (χ4n) is 1.81. The summed E-state index contributed by atoms with van der Waals surface area (Å²) < 4.78 is 30.3. The van der Waals surface area contributed by atoms with Crippen LogP contribution >= 0.6 is 0 Å². The number of sulfonamides is 1. The molecule has 1 heterocycles. The largest absolute Gasteiger partial charge is 0.447 e. The summed E-state index contributed by atoms with van der Waals surface area (Å²) in [5.74, 6) is 0.600. The van der Waals surface area contributed by atoms with Crippen molar-refractivity contribution in [2.75, 3.05) is 14.1 Å². The van der Waals surface area contributed by atoms with Crippen LogP contribution in [-0.2, 0) is 23.1 Å². The van der Waals surface area contributed by atoms with E-state index >= 15 is 0 Å². The van der Waals surface area contributed by atoms with Crippen molar-refractivity contribution < 1.29 is 12.8 Å². The van der Waals surface area contributed by atoms with Gasteiger partial charge >= 0.3 is 0 Å². The Morgan fingerprint density at radius 3 is 2.33 bits per heavy atom. The van der Waals surface area contributed by atoms with E-state index in [1.807, 2.05) is 6.92 Å². The zero-order chi connectivity index (χ0) is 15.5. The first kappa shape index (κ1) is 15.8. The van der Waals surface area contributed by atoms with Crippen molar-refractivity contribution >= 4 is 10.0 Å². The Balaban J connectivity index is 1.93. The second-order valence-corrected chi connectivity index (χ2v) is 7.18. The van der Waals surface area contributed by atoms with Crippen LogP contribution in [0, 0.1) is 6.92 Å². The van der Waals surface area contributed by atoms with E-state index < -0.39 is 10.0 Å². The van der Waals surface area contributed by atoms with Crippen molar-refractivity contribution in [1.29, 1.82) is 0 Å². The van der Waals surface area contributed by atoms with Gasteiger partial charge in [0.2, 0.25) is 5.09 Å². The fourth-order valence-corrected chi connectivity index (χ4v) is 2.62. The average molecular weight is 308 g/mol. The quantitative estimate of drug-likeness (QED) is 0.888. The highest BCUT2D eigenvalue weighted by atomic mass is 32.2. The summed E-state index contributed by atoms with van der Waals surface area (Å²) >= 11 is 0. The maximum absolute atomic E-state index is 11.9. The maximum atomic E-state index is 11.9. The highest BCUT2D eigenvalue weighted by Gasteiger charge is 2.21. The van der Waals surface area contributed by atoms with E-state index in [4.69, 9.17) is 4.42 Å². The van der Waals surface area contributed by atoms with Crippen molar-refractivity contribution in [1.82, 2.24) is 9.62 Å². The standard InChI is InChI=1S/C15H20N2O3S/c1-12-4-6-13(7-5-12)10-16-11-14-8-9-15(20-14)21(18,19)17(2)3/h4-9,16H,10-11H2,1-3H3. The van der Waals surface area contributed by atoms with Crippen molar-refractivity contribution in [2.24, 2.45) is 0 Å². The molecule has 0 amide bonds. The lowest BCUT2D eigenvalue weighted by atomic mass is 10.1. The predicted molar refractivity (Wildman–Crippen MR) is 81.3 cm³/mol. The molecule has 0 saturated heterocycles. The Morgan fingerprint density at radius 1 is 1.05 bits per heavy atom. The molecular formula is C15H20N2O3S. The van der Waals surface area contributed by atoms with Gasteiger partial charge in [-0.3, -0.25) is 0 Å². The number of nitrogens with zero attached hydrogens (tertiary/aromatic N) is 1. The van der Waals surface area contributed by atoms with Crippen molar-refractivity contribution in [3.63, 3.8) is 0 Å². The molecular weight excluding hydrogens is 288 g/mol. The van der Waals surface area contributed by atoms with E-state index in [0.717, 1.165) is 4.31 Å². The van der Waals surface area contributed by atoms with E-state index in [2.05, 4.69) is 29.6 Å². The number of rotatable bonds is 6. The first-order chi connectivity index (χ1) is 9.89. The lowest BCUT2D eigenvalue weighted by Gasteiger charge is -2.08. The van der Waals surface area contributed by atoms with Gasteiger partial charge in [-0.15, -0.1) is 0 Å². The molecule has 0 unspecified atom stereocenters. The topological polar surface area (TPSA) is 62.6 Å². The van der Waals surface area contributed by atoms with Gasteiger partial charge in [-0.25, -0.2) is 12.7 Å². The van der Waals surface area contributed by atoms with Crippen LogP contribution < -0.4 is 5.32 Å². The molecule has 0 atom stereocenters. The van der Waals surface area contributed by atoms with Crippen LogP contribution in [0.1, 0.15) is 16.9 Å². The molecule has 0 aliphatic rings. The average Bonchev–Trinajstić information content (AvgIpc) is 2.90. The third kappa shape index (κ3) is 3.93. The minimum Gasteiger partial charge on any atom is -0.447 e. The van der Waals surface area contributed by atoms with Crippen molar-refractivity contribution in [3.05, 3.63) is 53.3 Å². The van der Waals surface area contributed by atoms with Gasteiger partial charge in [0.05, 0.1) is 6.54 Å². The molecule has 2 rings (SSSR count). The van der Waals surface area contributed by atoms with Crippen LogP contribution in [0.5, 0.6) is 0 Å². The van der Waals surface area contributed by atoms with Gasteiger partial charge in [-0.2, -0.15) is 0 Å². The Hall–Kier alpha value is -1.63. The Morgan fingerprint density at radius 2 is 1.71 bits per heavy atom. The van der Waals surface area contributed by atoms with E-state index in [0.29, 0.717) is 18.8 Å². The lowest BCUT2D eigenvalue weighted by Crippen LogP contribution is -2.21.